The minimum absolute atomic E-state index is 0.0797. The van der Waals surface area contributed by atoms with Crippen molar-refractivity contribution in [3.8, 4) is 0 Å². The number of nitrogens with zero attached hydrogens (tertiary/aromatic N) is 3. The number of hydrogen-bond acceptors (Lipinski definition) is 4. The molecule has 0 radical (unpaired) electrons. The molecule has 2 heterocycles. The molecule has 1 aliphatic rings. The fourth-order valence-electron chi connectivity index (χ4n) is 2.42. The van der Waals surface area contributed by atoms with E-state index in [2.05, 4.69) is 23.7 Å². The van der Waals surface area contributed by atoms with E-state index in [0.29, 0.717) is 18.9 Å². The highest BCUT2D eigenvalue weighted by atomic mass is 19.1. The molecule has 0 aromatic carbocycles. The average Bonchev–Trinajstić information content (AvgIpc) is 2.35. The van der Waals surface area contributed by atoms with Crippen molar-refractivity contribution >= 4 is 11.8 Å². The van der Waals surface area contributed by atoms with Gasteiger partial charge in [0.1, 0.15) is 17.2 Å². The van der Waals surface area contributed by atoms with Gasteiger partial charge in [0.25, 0.3) is 0 Å². The lowest BCUT2D eigenvalue weighted by atomic mass is 10.1. The van der Waals surface area contributed by atoms with Gasteiger partial charge in [0.15, 0.2) is 0 Å². The summed E-state index contributed by atoms with van der Waals surface area (Å²) in [5.41, 5.74) is -0.0797. The molecule has 0 aliphatic carbocycles. The van der Waals surface area contributed by atoms with Crippen molar-refractivity contribution in [1.82, 2.24) is 9.88 Å². The predicted octanol–water partition coefficient (Wildman–Crippen LogP) is 1.45. The fraction of sp³-hybridized carbons (Fsp3) is 0.538. The third kappa shape index (κ3) is 2.68. The van der Waals surface area contributed by atoms with Crippen molar-refractivity contribution in [3.05, 3.63) is 23.6 Å². The molecule has 1 aromatic rings. The Kier molecular flexibility index (Phi) is 3.71. The second kappa shape index (κ2) is 5.13. The largest absolute Gasteiger partial charge is 0.478 e. The van der Waals surface area contributed by atoms with Crippen LogP contribution in [0, 0.1) is 5.82 Å². The Morgan fingerprint density at radius 1 is 1.42 bits per heavy atom. The maximum atomic E-state index is 13.1. The van der Waals surface area contributed by atoms with Gasteiger partial charge in [-0.25, -0.2) is 14.2 Å². The number of aromatic carboxylic acids is 1. The van der Waals surface area contributed by atoms with Crippen molar-refractivity contribution in [1.29, 1.82) is 0 Å². The number of hydrogen-bond donors (Lipinski definition) is 1. The molecule has 6 heteroatoms. The summed E-state index contributed by atoms with van der Waals surface area (Å²) in [6, 6.07) is 1.60. The van der Waals surface area contributed by atoms with E-state index in [1.165, 1.54) is 0 Å². The summed E-state index contributed by atoms with van der Waals surface area (Å²) in [5.74, 6) is -1.43. The van der Waals surface area contributed by atoms with E-state index in [0.717, 1.165) is 12.3 Å². The number of likely N-dealkylation sites (N-methyl/N-ethyl adjacent to an activating group) is 1. The van der Waals surface area contributed by atoms with E-state index < -0.39 is 11.8 Å². The Hall–Kier alpha value is -1.69. The Labute approximate surface area is 111 Å². The van der Waals surface area contributed by atoms with Crippen LogP contribution in [0.15, 0.2) is 12.3 Å². The van der Waals surface area contributed by atoms with E-state index >= 15 is 0 Å². The Balaban J connectivity index is 2.34. The molecule has 0 amide bonds. The van der Waals surface area contributed by atoms with Gasteiger partial charge in [0, 0.05) is 25.2 Å². The highest BCUT2D eigenvalue weighted by Gasteiger charge is 2.29. The molecule has 19 heavy (non-hydrogen) atoms. The molecule has 0 saturated carbocycles. The van der Waals surface area contributed by atoms with Crippen LogP contribution in [-0.2, 0) is 0 Å². The standard InChI is InChI=1S/C13H18FN3O2/c1-8-6-17(7-9(2)16(8)3)12-11(13(18)19)4-10(14)5-15-12/h4-5,8-9H,6-7H2,1-3H3,(H,18,19). The Morgan fingerprint density at radius 3 is 2.53 bits per heavy atom. The minimum atomic E-state index is -1.15. The highest BCUT2D eigenvalue weighted by Crippen LogP contribution is 2.23. The quantitative estimate of drug-likeness (QED) is 0.879. The van der Waals surface area contributed by atoms with Crippen LogP contribution in [0.2, 0.25) is 0 Å². The second-order valence-corrected chi connectivity index (χ2v) is 5.10. The molecule has 1 aromatic heterocycles. The van der Waals surface area contributed by atoms with Crippen LogP contribution in [0.1, 0.15) is 24.2 Å². The number of rotatable bonds is 2. The molecule has 104 valence electrons. The van der Waals surface area contributed by atoms with E-state index in [1.54, 1.807) is 0 Å². The van der Waals surface area contributed by atoms with Crippen LogP contribution in [-0.4, -0.2) is 53.2 Å². The van der Waals surface area contributed by atoms with Crippen molar-refractivity contribution in [2.45, 2.75) is 25.9 Å². The van der Waals surface area contributed by atoms with E-state index in [-0.39, 0.29) is 17.6 Å². The summed E-state index contributed by atoms with van der Waals surface area (Å²) in [6.07, 6.45) is 1.06. The summed E-state index contributed by atoms with van der Waals surface area (Å²) in [5, 5.41) is 9.16. The van der Waals surface area contributed by atoms with Gasteiger partial charge < -0.3 is 10.0 Å². The molecule has 2 atom stereocenters. The van der Waals surface area contributed by atoms with Crippen molar-refractivity contribution in [2.75, 3.05) is 25.0 Å². The highest BCUT2D eigenvalue weighted by molar-refractivity contribution is 5.93. The van der Waals surface area contributed by atoms with Crippen molar-refractivity contribution in [2.24, 2.45) is 0 Å². The lowest BCUT2D eigenvalue weighted by molar-refractivity contribution is 0.0696. The van der Waals surface area contributed by atoms with Gasteiger partial charge >= 0.3 is 5.97 Å². The summed E-state index contributed by atoms with van der Waals surface area (Å²) >= 11 is 0. The van der Waals surface area contributed by atoms with E-state index in [1.807, 2.05) is 11.9 Å². The lowest BCUT2D eigenvalue weighted by Crippen LogP contribution is -2.55. The number of carboxylic acids is 1. The first-order valence-corrected chi connectivity index (χ1v) is 6.26. The molecule has 2 unspecified atom stereocenters. The average molecular weight is 267 g/mol. The van der Waals surface area contributed by atoms with Crippen molar-refractivity contribution in [3.63, 3.8) is 0 Å². The summed E-state index contributed by atoms with van der Waals surface area (Å²) in [4.78, 5) is 19.3. The second-order valence-electron chi connectivity index (χ2n) is 5.10. The monoisotopic (exact) mass is 267 g/mol. The molecule has 1 aliphatic heterocycles. The third-order valence-electron chi connectivity index (χ3n) is 3.72. The van der Waals surface area contributed by atoms with Gasteiger partial charge in [-0.15, -0.1) is 0 Å². The normalized spacial score (nSPS) is 24.5. The zero-order valence-corrected chi connectivity index (χ0v) is 11.3. The van der Waals surface area contributed by atoms with E-state index in [9.17, 15) is 9.18 Å². The Morgan fingerprint density at radius 2 is 2.00 bits per heavy atom. The van der Waals surface area contributed by atoms with Gasteiger partial charge in [-0.1, -0.05) is 0 Å². The molecule has 2 rings (SSSR count). The van der Waals surface area contributed by atoms with Crippen LogP contribution in [0.3, 0.4) is 0 Å². The number of halogens is 1. The molecule has 1 fully saturated rings. The van der Waals surface area contributed by atoms with Crippen LogP contribution in [0.4, 0.5) is 10.2 Å². The molecule has 1 saturated heterocycles. The van der Waals surface area contributed by atoms with Crippen molar-refractivity contribution < 1.29 is 14.3 Å². The number of carbonyl (C=O) groups is 1. The number of aromatic nitrogens is 1. The van der Waals surface area contributed by atoms with Gasteiger partial charge in [0.2, 0.25) is 0 Å². The SMILES string of the molecule is CC1CN(c2ncc(F)cc2C(=O)O)CC(C)N1C. The molecular weight excluding hydrogens is 249 g/mol. The van der Waals surface area contributed by atoms with Gasteiger partial charge in [-0.05, 0) is 27.0 Å². The molecule has 0 spiro atoms. The topological polar surface area (TPSA) is 56.7 Å². The maximum absolute atomic E-state index is 13.1. The smallest absolute Gasteiger partial charge is 0.339 e. The first-order valence-electron chi connectivity index (χ1n) is 6.26. The van der Waals surface area contributed by atoms with Gasteiger partial charge in [-0.3, -0.25) is 4.90 Å². The maximum Gasteiger partial charge on any atom is 0.339 e. The number of carboxylic acid groups (broad SMARTS) is 1. The zero-order valence-electron chi connectivity index (χ0n) is 11.3. The molecule has 5 nitrogen and oxygen atoms in total. The third-order valence-corrected chi connectivity index (χ3v) is 3.72. The predicted molar refractivity (Wildman–Crippen MR) is 70.1 cm³/mol. The number of anilines is 1. The van der Waals surface area contributed by atoms with Crippen LogP contribution in [0.25, 0.3) is 0 Å². The number of piperazine rings is 1. The van der Waals surface area contributed by atoms with E-state index in [4.69, 9.17) is 5.11 Å². The minimum Gasteiger partial charge on any atom is -0.478 e. The zero-order chi connectivity index (χ0) is 14.2. The molecular formula is C13H18FN3O2. The first kappa shape index (κ1) is 13.7. The fourth-order valence-corrected chi connectivity index (χ4v) is 2.42. The summed E-state index contributed by atoms with van der Waals surface area (Å²) < 4.78 is 13.1. The summed E-state index contributed by atoms with van der Waals surface area (Å²) in [6.45, 7) is 5.51. The Bertz CT molecular complexity index is 483. The molecule has 0 bridgehead atoms. The number of pyridine rings is 1. The molecule has 1 N–H and O–H groups in total. The van der Waals surface area contributed by atoms with Gasteiger partial charge in [-0.2, -0.15) is 0 Å². The lowest BCUT2D eigenvalue weighted by Gasteiger charge is -2.43. The van der Waals surface area contributed by atoms with Crippen LogP contribution in [0.5, 0.6) is 0 Å². The first-order chi connectivity index (χ1) is 8.90. The van der Waals surface area contributed by atoms with Crippen LogP contribution >= 0.6 is 0 Å². The van der Waals surface area contributed by atoms with Crippen LogP contribution < -0.4 is 4.90 Å². The van der Waals surface area contributed by atoms with Gasteiger partial charge in [0.05, 0.1) is 6.20 Å². The summed E-state index contributed by atoms with van der Waals surface area (Å²) in [7, 11) is 2.04.